The highest BCUT2D eigenvalue weighted by molar-refractivity contribution is 6.50. The van der Waals surface area contributed by atoms with Crippen LogP contribution in [0.3, 0.4) is 0 Å². The molecule has 0 fully saturated rings. The summed E-state index contributed by atoms with van der Waals surface area (Å²) in [7, 11) is 0. The second kappa shape index (κ2) is 4.87. The van der Waals surface area contributed by atoms with Gasteiger partial charge in [-0.2, -0.15) is 0 Å². The monoisotopic (exact) mass is 236 g/mol. The third kappa shape index (κ3) is 2.89. The molecule has 0 aliphatic rings. The number of halogens is 3. The fourth-order valence-corrected chi connectivity index (χ4v) is 1.67. The van der Waals surface area contributed by atoms with Gasteiger partial charge in [-0.25, -0.2) is 0 Å². The molecule has 0 aliphatic heterocycles. The van der Waals surface area contributed by atoms with Crippen LogP contribution in [0.5, 0.6) is 0 Å². The molecule has 1 nitrogen and oxygen atoms in total. The van der Waals surface area contributed by atoms with Crippen LogP contribution in [-0.2, 0) is 0 Å². The average Bonchev–Trinajstić information content (AvgIpc) is 2.04. The van der Waals surface area contributed by atoms with E-state index in [0.717, 1.165) is 0 Å². The van der Waals surface area contributed by atoms with Crippen molar-refractivity contribution in [2.45, 2.75) is 0 Å². The molecule has 0 saturated heterocycles. The van der Waals surface area contributed by atoms with Gasteiger partial charge in [0.25, 0.3) is 0 Å². The van der Waals surface area contributed by atoms with E-state index < -0.39 is 0 Å². The lowest BCUT2D eigenvalue weighted by Crippen LogP contribution is -1.82. The van der Waals surface area contributed by atoms with Gasteiger partial charge in [-0.1, -0.05) is 40.9 Å². The second-order valence-electron chi connectivity index (χ2n) is 2.36. The third-order valence-corrected chi connectivity index (χ3v) is 2.36. The lowest BCUT2D eigenvalue weighted by Gasteiger charge is -2.02. The molecule has 0 radical (unpaired) electrons. The largest absolute Gasteiger partial charge is 0.392 e. The summed E-state index contributed by atoms with van der Waals surface area (Å²) in [6.45, 7) is -0.113. The zero-order valence-electron chi connectivity index (χ0n) is 6.60. The molecule has 0 spiro atoms. The minimum Gasteiger partial charge on any atom is -0.392 e. The van der Waals surface area contributed by atoms with Crippen LogP contribution in [0.4, 0.5) is 0 Å². The van der Waals surface area contributed by atoms with E-state index >= 15 is 0 Å². The van der Waals surface area contributed by atoms with Gasteiger partial charge in [0.05, 0.1) is 11.6 Å². The van der Waals surface area contributed by atoms with Crippen molar-refractivity contribution in [3.05, 3.63) is 39.9 Å². The summed E-state index contributed by atoms with van der Waals surface area (Å²) in [6, 6.07) is 5.00. The minimum atomic E-state index is -0.113. The van der Waals surface area contributed by atoms with Crippen molar-refractivity contribution >= 4 is 39.8 Å². The molecule has 1 N–H and O–H groups in total. The standard InChI is InChI=1S/C9H7Cl3O/c10-6-1-2-7(9(12)5-6)8(11)3-4-13/h1-3,5,13H,4H2/b8-3+. The van der Waals surface area contributed by atoms with E-state index in [9.17, 15) is 0 Å². The van der Waals surface area contributed by atoms with E-state index in [1.165, 1.54) is 6.08 Å². The highest BCUT2D eigenvalue weighted by Gasteiger charge is 2.03. The van der Waals surface area contributed by atoms with Crippen LogP contribution < -0.4 is 0 Å². The van der Waals surface area contributed by atoms with E-state index in [1.54, 1.807) is 18.2 Å². The first-order valence-electron chi connectivity index (χ1n) is 3.57. The van der Waals surface area contributed by atoms with Crippen molar-refractivity contribution < 1.29 is 5.11 Å². The van der Waals surface area contributed by atoms with Crippen molar-refractivity contribution in [2.24, 2.45) is 0 Å². The van der Waals surface area contributed by atoms with Gasteiger partial charge >= 0.3 is 0 Å². The van der Waals surface area contributed by atoms with Crippen molar-refractivity contribution in [3.8, 4) is 0 Å². The Labute approximate surface area is 91.5 Å². The van der Waals surface area contributed by atoms with Gasteiger partial charge in [0, 0.05) is 15.6 Å². The molecule has 0 aliphatic carbocycles. The first-order valence-corrected chi connectivity index (χ1v) is 4.70. The molecule has 1 aromatic carbocycles. The zero-order valence-corrected chi connectivity index (χ0v) is 8.87. The first kappa shape index (κ1) is 10.9. The van der Waals surface area contributed by atoms with Crippen LogP contribution in [0.2, 0.25) is 10.0 Å². The Morgan fingerprint density at radius 1 is 1.38 bits per heavy atom. The molecule has 0 saturated carbocycles. The number of rotatable bonds is 2. The van der Waals surface area contributed by atoms with Crippen LogP contribution in [0, 0.1) is 0 Å². The molecule has 0 amide bonds. The van der Waals surface area contributed by atoms with E-state index in [1.807, 2.05) is 0 Å². The Hall–Kier alpha value is -0.210. The van der Waals surface area contributed by atoms with Gasteiger partial charge in [0.15, 0.2) is 0 Å². The maximum Gasteiger partial charge on any atom is 0.0629 e. The van der Waals surface area contributed by atoms with Crippen LogP contribution in [-0.4, -0.2) is 11.7 Å². The van der Waals surface area contributed by atoms with Crippen LogP contribution in [0.1, 0.15) is 5.56 Å². The van der Waals surface area contributed by atoms with Gasteiger partial charge in [-0.3, -0.25) is 0 Å². The fourth-order valence-electron chi connectivity index (χ4n) is 0.873. The normalized spacial score (nSPS) is 11.8. The lowest BCUT2D eigenvalue weighted by atomic mass is 10.2. The predicted octanol–water partition coefficient (Wildman–Crippen LogP) is 3.57. The van der Waals surface area contributed by atoms with Gasteiger partial charge in [-0.05, 0) is 18.2 Å². The number of aliphatic hydroxyl groups is 1. The highest BCUT2D eigenvalue weighted by Crippen LogP contribution is 2.28. The topological polar surface area (TPSA) is 20.2 Å². The number of hydrogen-bond donors (Lipinski definition) is 1. The maximum absolute atomic E-state index is 8.61. The van der Waals surface area contributed by atoms with Gasteiger partial charge in [0.2, 0.25) is 0 Å². The summed E-state index contributed by atoms with van der Waals surface area (Å²) in [5.41, 5.74) is 0.668. The van der Waals surface area contributed by atoms with E-state index in [2.05, 4.69) is 0 Å². The van der Waals surface area contributed by atoms with Crippen molar-refractivity contribution in [3.63, 3.8) is 0 Å². The lowest BCUT2D eigenvalue weighted by molar-refractivity contribution is 0.343. The van der Waals surface area contributed by atoms with Gasteiger partial charge in [-0.15, -0.1) is 0 Å². The van der Waals surface area contributed by atoms with Crippen molar-refractivity contribution in [2.75, 3.05) is 6.61 Å². The number of aliphatic hydroxyl groups excluding tert-OH is 1. The van der Waals surface area contributed by atoms with E-state index in [-0.39, 0.29) is 6.61 Å². The average molecular weight is 238 g/mol. The molecule has 1 aromatic rings. The van der Waals surface area contributed by atoms with Crippen LogP contribution in [0.25, 0.3) is 5.03 Å². The quantitative estimate of drug-likeness (QED) is 0.834. The summed E-state index contributed by atoms with van der Waals surface area (Å²) >= 11 is 17.4. The van der Waals surface area contributed by atoms with Gasteiger partial charge in [0.1, 0.15) is 0 Å². The minimum absolute atomic E-state index is 0.113. The van der Waals surface area contributed by atoms with E-state index in [4.69, 9.17) is 39.9 Å². The summed E-state index contributed by atoms with van der Waals surface area (Å²) in [5, 5.41) is 10.1. The first-order chi connectivity index (χ1) is 6.15. The van der Waals surface area contributed by atoms with Crippen molar-refractivity contribution in [1.29, 1.82) is 0 Å². The molecule has 13 heavy (non-hydrogen) atoms. The van der Waals surface area contributed by atoms with Crippen molar-refractivity contribution in [1.82, 2.24) is 0 Å². The Morgan fingerprint density at radius 2 is 2.08 bits per heavy atom. The van der Waals surface area contributed by atoms with Gasteiger partial charge < -0.3 is 5.11 Å². The zero-order chi connectivity index (χ0) is 9.84. The molecule has 1 rings (SSSR count). The number of hydrogen-bond acceptors (Lipinski definition) is 1. The highest BCUT2D eigenvalue weighted by atomic mass is 35.5. The smallest absolute Gasteiger partial charge is 0.0629 e. The molecule has 0 heterocycles. The van der Waals surface area contributed by atoms with Crippen LogP contribution >= 0.6 is 34.8 Å². The van der Waals surface area contributed by atoms with Crippen LogP contribution in [0.15, 0.2) is 24.3 Å². The predicted molar refractivity (Wildman–Crippen MR) is 57.4 cm³/mol. The summed E-state index contributed by atoms with van der Waals surface area (Å²) in [4.78, 5) is 0. The SMILES string of the molecule is OC/C=C(/Cl)c1ccc(Cl)cc1Cl. The van der Waals surface area contributed by atoms with E-state index in [0.29, 0.717) is 20.6 Å². The molecular formula is C9H7Cl3O. The molecule has 0 aromatic heterocycles. The third-order valence-electron chi connectivity index (χ3n) is 1.46. The molecule has 0 unspecified atom stereocenters. The Bertz CT molecular complexity index is 334. The molecular weight excluding hydrogens is 230 g/mol. The molecule has 0 bridgehead atoms. The second-order valence-corrected chi connectivity index (χ2v) is 3.61. The maximum atomic E-state index is 8.61. The molecule has 0 atom stereocenters. The molecule has 70 valence electrons. The Kier molecular flexibility index (Phi) is 4.07. The Balaban J connectivity index is 3.09. The summed E-state index contributed by atoms with van der Waals surface area (Å²) in [5.74, 6) is 0. The fraction of sp³-hybridized carbons (Fsp3) is 0.111. The Morgan fingerprint density at radius 3 is 2.62 bits per heavy atom. The summed E-state index contributed by atoms with van der Waals surface area (Å²) < 4.78 is 0. The molecule has 4 heteroatoms. The summed E-state index contributed by atoms with van der Waals surface area (Å²) in [6.07, 6.45) is 1.47. The number of benzene rings is 1.